The molecule has 6 heteroatoms. The molecular formula is C17H27N5O. The van der Waals surface area contributed by atoms with Gasteiger partial charge in [-0.05, 0) is 50.4 Å². The van der Waals surface area contributed by atoms with Crippen molar-refractivity contribution in [2.75, 3.05) is 13.1 Å². The molecule has 0 aromatic carbocycles. The number of carbonyl (C=O) groups excluding carboxylic acids is 1. The molecule has 2 bridgehead atoms. The molecule has 1 aromatic heterocycles. The van der Waals surface area contributed by atoms with Crippen LogP contribution in [0.1, 0.15) is 44.9 Å². The standard InChI is InChI=1S/C17H27N5O/c23-17(8-14-6-15-3-4-16(7-14)20-15)21-5-1-2-13(9-21)10-22-12-18-11-19-22/h11-16,20H,1-10H2. The van der Waals surface area contributed by atoms with Crippen molar-refractivity contribution in [3.63, 3.8) is 0 Å². The molecule has 3 fully saturated rings. The summed E-state index contributed by atoms with van der Waals surface area (Å²) in [7, 11) is 0. The first-order valence-electron chi connectivity index (χ1n) is 9.12. The van der Waals surface area contributed by atoms with E-state index in [0.717, 1.165) is 32.5 Å². The maximum atomic E-state index is 12.7. The second kappa shape index (κ2) is 6.59. The molecule has 4 rings (SSSR count). The zero-order valence-corrected chi connectivity index (χ0v) is 13.7. The molecule has 4 heterocycles. The van der Waals surface area contributed by atoms with Crippen LogP contribution in [-0.4, -0.2) is 50.7 Å². The van der Waals surface area contributed by atoms with Crippen molar-refractivity contribution in [2.45, 2.75) is 63.6 Å². The number of nitrogens with zero attached hydrogens (tertiary/aromatic N) is 4. The molecular weight excluding hydrogens is 290 g/mol. The Morgan fingerprint density at radius 2 is 2.00 bits per heavy atom. The van der Waals surface area contributed by atoms with Crippen LogP contribution in [0.2, 0.25) is 0 Å². The summed E-state index contributed by atoms with van der Waals surface area (Å²) in [5, 5.41) is 7.86. The summed E-state index contributed by atoms with van der Waals surface area (Å²) in [5.41, 5.74) is 0. The van der Waals surface area contributed by atoms with E-state index in [1.807, 2.05) is 4.68 Å². The number of fused-ring (bicyclic) bond motifs is 2. The van der Waals surface area contributed by atoms with Gasteiger partial charge in [0.2, 0.25) is 5.91 Å². The summed E-state index contributed by atoms with van der Waals surface area (Å²) in [6.07, 6.45) is 11.4. The molecule has 3 aliphatic rings. The van der Waals surface area contributed by atoms with Gasteiger partial charge in [-0.3, -0.25) is 9.48 Å². The predicted molar refractivity (Wildman–Crippen MR) is 86.6 cm³/mol. The minimum atomic E-state index is 0.375. The van der Waals surface area contributed by atoms with E-state index in [0.29, 0.717) is 29.8 Å². The SMILES string of the molecule is O=C(CC1CC2CCC(C1)N2)N1CCCC(Cn2cncn2)C1. The molecule has 126 valence electrons. The first-order chi connectivity index (χ1) is 11.3. The fraction of sp³-hybridized carbons (Fsp3) is 0.824. The molecule has 1 aromatic rings. The quantitative estimate of drug-likeness (QED) is 0.913. The maximum Gasteiger partial charge on any atom is 0.222 e. The lowest BCUT2D eigenvalue weighted by molar-refractivity contribution is -0.134. The number of carbonyl (C=O) groups is 1. The highest BCUT2D eigenvalue weighted by Gasteiger charge is 2.35. The normalized spacial score (nSPS) is 33.8. The third kappa shape index (κ3) is 3.57. The van der Waals surface area contributed by atoms with Crippen LogP contribution in [0.25, 0.3) is 0 Å². The van der Waals surface area contributed by atoms with Crippen molar-refractivity contribution in [2.24, 2.45) is 11.8 Å². The summed E-state index contributed by atoms with van der Waals surface area (Å²) in [5.74, 6) is 1.48. The Kier molecular flexibility index (Phi) is 4.33. The van der Waals surface area contributed by atoms with Gasteiger partial charge in [0.1, 0.15) is 12.7 Å². The third-order valence-corrected chi connectivity index (χ3v) is 5.82. The van der Waals surface area contributed by atoms with Crippen LogP contribution in [0.4, 0.5) is 0 Å². The van der Waals surface area contributed by atoms with Crippen LogP contribution in [0.5, 0.6) is 0 Å². The smallest absolute Gasteiger partial charge is 0.222 e. The molecule has 3 aliphatic heterocycles. The van der Waals surface area contributed by atoms with Gasteiger partial charge in [-0.2, -0.15) is 5.10 Å². The summed E-state index contributed by atoms with van der Waals surface area (Å²) in [4.78, 5) is 18.8. The zero-order valence-electron chi connectivity index (χ0n) is 13.7. The van der Waals surface area contributed by atoms with Crippen molar-refractivity contribution in [3.05, 3.63) is 12.7 Å². The summed E-state index contributed by atoms with van der Waals surface area (Å²) >= 11 is 0. The topological polar surface area (TPSA) is 63.1 Å². The summed E-state index contributed by atoms with van der Waals surface area (Å²) < 4.78 is 1.89. The predicted octanol–water partition coefficient (Wildman–Crippen LogP) is 1.44. The molecule has 1 N–H and O–H groups in total. The highest BCUT2D eigenvalue weighted by molar-refractivity contribution is 5.76. The lowest BCUT2D eigenvalue weighted by Gasteiger charge is -2.35. The first-order valence-corrected chi connectivity index (χ1v) is 9.12. The fourth-order valence-corrected chi connectivity index (χ4v) is 4.75. The number of hydrogen-bond donors (Lipinski definition) is 1. The molecule has 0 saturated carbocycles. The second-order valence-electron chi connectivity index (χ2n) is 7.64. The van der Waals surface area contributed by atoms with Crippen molar-refractivity contribution < 1.29 is 4.79 Å². The van der Waals surface area contributed by atoms with E-state index in [4.69, 9.17) is 0 Å². The lowest BCUT2D eigenvalue weighted by Crippen LogP contribution is -2.44. The van der Waals surface area contributed by atoms with Gasteiger partial charge < -0.3 is 10.2 Å². The number of aromatic nitrogens is 3. The zero-order chi connectivity index (χ0) is 15.6. The van der Waals surface area contributed by atoms with E-state index >= 15 is 0 Å². The minimum absolute atomic E-state index is 0.375. The van der Waals surface area contributed by atoms with Gasteiger partial charge in [0, 0.05) is 38.1 Å². The average molecular weight is 317 g/mol. The molecule has 3 saturated heterocycles. The highest BCUT2D eigenvalue weighted by Crippen LogP contribution is 2.33. The van der Waals surface area contributed by atoms with Gasteiger partial charge in [0.05, 0.1) is 0 Å². The van der Waals surface area contributed by atoms with E-state index in [-0.39, 0.29) is 0 Å². The van der Waals surface area contributed by atoms with Crippen molar-refractivity contribution in [1.29, 1.82) is 0 Å². The van der Waals surface area contributed by atoms with Gasteiger partial charge >= 0.3 is 0 Å². The lowest BCUT2D eigenvalue weighted by atomic mass is 9.88. The molecule has 3 atom stereocenters. The van der Waals surface area contributed by atoms with E-state index in [1.54, 1.807) is 12.7 Å². The Morgan fingerprint density at radius 1 is 1.17 bits per heavy atom. The minimum Gasteiger partial charge on any atom is -0.342 e. The van der Waals surface area contributed by atoms with Crippen LogP contribution >= 0.6 is 0 Å². The third-order valence-electron chi connectivity index (χ3n) is 5.82. The average Bonchev–Trinajstić information content (AvgIpc) is 3.17. The Hall–Kier alpha value is -1.43. The Balaban J connectivity index is 1.29. The van der Waals surface area contributed by atoms with Gasteiger partial charge in [-0.1, -0.05) is 0 Å². The number of hydrogen-bond acceptors (Lipinski definition) is 4. The molecule has 1 amide bonds. The van der Waals surface area contributed by atoms with Crippen LogP contribution < -0.4 is 5.32 Å². The van der Waals surface area contributed by atoms with E-state index < -0.39 is 0 Å². The Morgan fingerprint density at radius 3 is 2.74 bits per heavy atom. The highest BCUT2D eigenvalue weighted by atomic mass is 16.2. The van der Waals surface area contributed by atoms with Crippen LogP contribution in [0.15, 0.2) is 12.7 Å². The van der Waals surface area contributed by atoms with Crippen LogP contribution in [0.3, 0.4) is 0 Å². The molecule has 3 unspecified atom stereocenters. The largest absolute Gasteiger partial charge is 0.342 e. The summed E-state index contributed by atoms with van der Waals surface area (Å²) in [6, 6.07) is 1.35. The van der Waals surface area contributed by atoms with Crippen LogP contribution in [-0.2, 0) is 11.3 Å². The number of amides is 1. The van der Waals surface area contributed by atoms with Crippen LogP contribution in [0, 0.1) is 11.8 Å². The van der Waals surface area contributed by atoms with Gasteiger partial charge in [-0.15, -0.1) is 0 Å². The maximum absolute atomic E-state index is 12.7. The summed E-state index contributed by atoms with van der Waals surface area (Å²) in [6.45, 7) is 2.70. The molecule has 6 nitrogen and oxygen atoms in total. The number of rotatable bonds is 4. The van der Waals surface area contributed by atoms with Gasteiger partial charge in [-0.25, -0.2) is 4.98 Å². The van der Waals surface area contributed by atoms with Crippen molar-refractivity contribution >= 4 is 5.91 Å². The first kappa shape index (κ1) is 15.1. The van der Waals surface area contributed by atoms with E-state index in [9.17, 15) is 4.79 Å². The van der Waals surface area contributed by atoms with Crippen molar-refractivity contribution in [1.82, 2.24) is 25.0 Å². The van der Waals surface area contributed by atoms with Crippen molar-refractivity contribution in [3.8, 4) is 0 Å². The number of likely N-dealkylation sites (tertiary alicyclic amines) is 1. The number of nitrogens with one attached hydrogen (secondary N) is 1. The Labute approximate surface area is 137 Å². The van der Waals surface area contributed by atoms with E-state index in [1.165, 1.54) is 32.1 Å². The second-order valence-corrected chi connectivity index (χ2v) is 7.64. The monoisotopic (exact) mass is 317 g/mol. The van der Waals surface area contributed by atoms with Gasteiger partial charge in [0.15, 0.2) is 0 Å². The fourth-order valence-electron chi connectivity index (χ4n) is 4.75. The molecule has 0 radical (unpaired) electrons. The molecule has 0 aliphatic carbocycles. The van der Waals surface area contributed by atoms with E-state index in [2.05, 4.69) is 20.3 Å². The molecule has 0 spiro atoms. The Bertz CT molecular complexity index is 519. The molecule has 23 heavy (non-hydrogen) atoms. The number of piperidine rings is 2. The van der Waals surface area contributed by atoms with Gasteiger partial charge in [0.25, 0.3) is 0 Å².